The van der Waals surface area contributed by atoms with Crippen LogP contribution in [-0.2, 0) is 4.79 Å². The molecule has 2 heteroatoms. The fraction of sp³-hybridized carbons (Fsp3) is 0.900. The Kier molecular flexibility index (Phi) is 5.99. The molecule has 0 fully saturated rings. The molecule has 0 rings (SSSR count). The molecule has 1 N–H and O–H groups in total. The minimum absolute atomic E-state index is 0.0729. The van der Waals surface area contributed by atoms with Gasteiger partial charge in [0.25, 0.3) is 0 Å². The normalized spacial score (nSPS) is 13.4. The van der Waals surface area contributed by atoms with Crippen LogP contribution in [-0.4, -0.2) is 18.9 Å². The minimum atomic E-state index is 0.0729. The van der Waals surface area contributed by atoms with Crippen molar-refractivity contribution in [1.29, 1.82) is 0 Å². The van der Waals surface area contributed by atoms with Gasteiger partial charge in [0.2, 0.25) is 0 Å². The van der Waals surface area contributed by atoms with Gasteiger partial charge in [-0.05, 0) is 26.3 Å². The Balaban J connectivity index is 3.52. The Morgan fingerprint density at radius 3 is 2.25 bits per heavy atom. The van der Waals surface area contributed by atoms with E-state index in [2.05, 4.69) is 19.2 Å². The van der Waals surface area contributed by atoms with Crippen molar-refractivity contribution in [3.8, 4) is 0 Å². The number of carbonyl (C=O) groups is 1. The van der Waals surface area contributed by atoms with Gasteiger partial charge in [0.15, 0.2) is 0 Å². The molecule has 72 valence electrons. The number of hydrogen-bond acceptors (Lipinski definition) is 2. The zero-order valence-electron chi connectivity index (χ0n) is 8.68. The number of rotatable bonds is 6. The summed E-state index contributed by atoms with van der Waals surface area (Å²) in [6, 6.07) is 0.0729. The smallest absolute Gasteiger partial charge is 0.146 e. The highest BCUT2D eigenvalue weighted by atomic mass is 16.1. The van der Waals surface area contributed by atoms with Gasteiger partial charge in [-0.2, -0.15) is 0 Å². The maximum absolute atomic E-state index is 11.0. The first-order chi connectivity index (χ1) is 5.57. The third kappa shape index (κ3) is 5.30. The molecule has 0 aliphatic rings. The van der Waals surface area contributed by atoms with E-state index in [9.17, 15) is 4.79 Å². The van der Waals surface area contributed by atoms with Crippen molar-refractivity contribution in [2.75, 3.05) is 7.05 Å². The van der Waals surface area contributed by atoms with Crippen LogP contribution in [0.5, 0.6) is 0 Å². The molecule has 1 atom stereocenters. The second kappa shape index (κ2) is 6.18. The summed E-state index contributed by atoms with van der Waals surface area (Å²) in [5, 5.41) is 3.03. The van der Waals surface area contributed by atoms with Crippen LogP contribution in [0.15, 0.2) is 0 Å². The second-order valence-electron chi connectivity index (χ2n) is 3.78. The summed E-state index contributed by atoms with van der Waals surface area (Å²) in [7, 11) is 1.85. The predicted molar refractivity (Wildman–Crippen MR) is 52.2 cm³/mol. The fourth-order valence-corrected chi connectivity index (χ4v) is 1.28. The van der Waals surface area contributed by atoms with E-state index in [1.165, 1.54) is 6.42 Å². The van der Waals surface area contributed by atoms with Crippen LogP contribution in [0.3, 0.4) is 0 Å². The Bertz CT molecular complexity index is 132. The Morgan fingerprint density at radius 2 is 1.92 bits per heavy atom. The van der Waals surface area contributed by atoms with Crippen molar-refractivity contribution in [2.45, 2.75) is 46.1 Å². The first-order valence-electron chi connectivity index (χ1n) is 4.75. The van der Waals surface area contributed by atoms with Crippen LogP contribution in [0.2, 0.25) is 0 Å². The van der Waals surface area contributed by atoms with Crippen molar-refractivity contribution in [3.05, 3.63) is 0 Å². The van der Waals surface area contributed by atoms with Crippen LogP contribution >= 0.6 is 0 Å². The van der Waals surface area contributed by atoms with Crippen molar-refractivity contribution in [1.82, 2.24) is 5.32 Å². The largest absolute Gasteiger partial charge is 0.311 e. The standard InChI is InChI=1S/C10H21NO/c1-8(2)6-5-7-10(11-4)9(3)12/h8,10-11H,5-7H2,1-4H3. The Labute approximate surface area is 75.7 Å². The Morgan fingerprint density at radius 1 is 1.33 bits per heavy atom. The van der Waals surface area contributed by atoms with E-state index in [1.807, 2.05) is 7.05 Å². The van der Waals surface area contributed by atoms with Crippen molar-refractivity contribution >= 4 is 5.78 Å². The predicted octanol–water partition coefficient (Wildman–Crippen LogP) is 1.99. The molecular formula is C10H21NO. The lowest BCUT2D eigenvalue weighted by atomic mass is 10.0. The molecule has 0 aliphatic heterocycles. The lowest BCUT2D eigenvalue weighted by Gasteiger charge is -2.12. The molecule has 0 spiro atoms. The summed E-state index contributed by atoms with van der Waals surface area (Å²) in [5.41, 5.74) is 0. The zero-order chi connectivity index (χ0) is 9.56. The summed E-state index contributed by atoms with van der Waals surface area (Å²) < 4.78 is 0. The minimum Gasteiger partial charge on any atom is -0.311 e. The maximum atomic E-state index is 11.0. The fourth-order valence-electron chi connectivity index (χ4n) is 1.28. The number of nitrogens with one attached hydrogen (secondary N) is 1. The van der Waals surface area contributed by atoms with E-state index < -0.39 is 0 Å². The number of hydrogen-bond donors (Lipinski definition) is 1. The van der Waals surface area contributed by atoms with Gasteiger partial charge in [0.1, 0.15) is 5.78 Å². The lowest BCUT2D eigenvalue weighted by Crippen LogP contribution is -2.32. The lowest BCUT2D eigenvalue weighted by molar-refractivity contribution is -0.119. The molecule has 0 aliphatic carbocycles. The molecule has 1 unspecified atom stereocenters. The molecule has 0 heterocycles. The summed E-state index contributed by atoms with van der Waals surface area (Å²) in [6.45, 7) is 6.07. The third-order valence-corrected chi connectivity index (χ3v) is 2.11. The molecule has 0 saturated heterocycles. The molecule has 0 aromatic heterocycles. The highest BCUT2D eigenvalue weighted by Gasteiger charge is 2.10. The van der Waals surface area contributed by atoms with Gasteiger partial charge >= 0.3 is 0 Å². The van der Waals surface area contributed by atoms with Crippen molar-refractivity contribution in [2.24, 2.45) is 5.92 Å². The molecule has 0 radical (unpaired) electrons. The molecule has 0 aromatic carbocycles. The van der Waals surface area contributed by atoms with E-state index in [4.69, 9.17) is 0 Å². The average Bonchev–Trinajstić information content (AvgIpc) is 1.96. The molecule has 0 amide bonds. The molecule has 0 bridgehead atoms. The number of carbonyl (C=O) groups excluding carboxylic acids is 1. The van der Waals surface area contributed by atoms with Crippen LogP contribution in [0, 0.1) is 5.92 Å². The first-order valence-corrected chi connectivity index (χ1v) is 4.75. The Hall–Kier alpha value is -0.370. The topological polar surface area (TPSA) is 29.1 Å². The van der Waals surface area contributed by atoms with Crippen LogP contribution < -0.4 is 5.32 Å². The van der Waals surface area contributed by atoms with Crippen LogP contribution in [0.4, 0.5) is 0 Å². The van der Waals surface area contributed by atoms with Gasteiger partial charge in [-0.15, -0.1) is 0 Å². The average molecular weight is 171 g/mol. The van der Waals surface area contributed by atoms with Gasteiger partial charge in [-0.1, -0.05) is 26.7 Å². The van der Waals surface area contributed by atoms with Gasteiger partial charge in [-0.25, -0.2) is 0 Å². The molecule has 2 nitrogen and oxygen atoms in total. The third-order valence-electron chi connectivity index (χ3n) is 2.11. The quantitative estimate of drug-likeness (QED) is 0.662. The van der Waals surface area contributed by atoms with Crippen LogP contribution in [0.1, 0.15) is 40.0 Å². The maximum Gasteiger partial charge on any atom is 0.146 e. The van der Waals surface area contributed by atoms with E-state index >= 15 is 0 Å². The van der Waals surface area contributed by atoms with E-state index in [0.29, 0.717) is 0 Å². The SMILES string of the molecule is CNC(CCCC(C)C)C(C)=O. The van der Waals surface area contributed by atoms with Gasteiger partial charge in [0.05, 0.1) is 6.04 Å². The van der Waals surface area contributed by atoms with E-state index in [-0.39, 0.29) is 11.8 Å². The highest BCUT2D eigenvalue weighted by molar-refractivity contribution is 5.81. The first kappa shape index (κ1) is 11.6. The molecular weight excluding hydrogens is 150 g/mol. The molecule has 0 aromatic rings. The molecule has 12 heavy (non-hydrogen) atoms. The van der Waals surface area contributed by atoms with E-state index in [1.54, 1.807) is 6.92 Å². The monoisotopic (exact) mass is 171 g/mol. The van der Waals surface area contributed by atoms with Crippen LogP contribution in [0.25, 0.3) is 0 Å². The van der Waals surface area contributed by atoms with Crippen molar-refractivity contribution < 1.29 is 4.79 Å². The summed E-state index contributed by atoms with van der Waals surface area (Å²) in [4.78, 5) is 11.0. The second-order valence-corrected chi connectivity index (χ2v) is 3.78. The number of ketones is 1. The number of Topliss-reactive ketones (excluding diaryl/α,β-unsaturated/α-hetero) is 1. The summed E-state index contributed by atoms with van der Waals surface area (Å²) >= 11 is 0. The summed E-state index contributed by atoms with van der Waals surface area (Å²) in [5.74, 6) is 0.996. The van der Waals surface area contributed by atoms with Gasteiger partial charge < -0.3 is 5.32 Å². The van der Waals surface area contributed by atoms with Gasteiger partial charge in [-0.3, -0.25) is 4.79 Å². The number of likely N-dealkylation sites (N-methyl/N-ethyl adjacent to an activating group) is 1. The van der Waals surface area contributed by atoms with E-state index in [0.717, 1.165) is 18.8 Å². The summed E-state index contributed by atoms with van der Waals surface area (Å²) in [6.07, 6.45) is 3.33. The highest BCUT2D eigenvalue weighted by Crippen LogP contribution is 2.08. The molecule has 0 saturated carbocycles. The van der Waals surface area contributed by atoms with Crippen molar-refractivity contribution in [3.63, 3.8) is 0 Å². The zero-order valence-corrected chi connectivity index (χ0v) is 8.68. The van der Waals surface area contributed by atoms with Gasteiger partial charge in [0, 0.05) is 0 Å².